The molecule has 0 spiro atoms. The first-order chi connectivity index (χ1) is 7.67. The summed E-state index contributed by atoms with van der Waals surface area (Å²) < 4.78 is 5.25. The number of nitrogens with one attached hydrogen (secondary N) is 1. The standard InChI is InChI=1S/C9H16ClN5O/c1-4-16-6-5-15(3)9-13-7(10)12-8(11-2)14-9/h4-6H2,1-3H3,(H,11,12,13,14). The summed E-state index contributed by atoms with van der Waals surface area (Å²) in [5.74, 6) is 0.988. The minimum atomic E-state index is 0.178. The molecule has 0 aliphatic rings. The summed E-state index contributed by atoms with van der Waals surface area (Å²) in [5.41, 5.74) is 0. The molecule has 0 unspecified atom stereocenters. The molecule has 0 saturated carbocycles. The van der Waals surface area contributed by atoms with Crippen LogP contribution in [0.25, 0.3) is 0 Å². The Bertz CT molecular complexity index is 336. The Balaban J connectivity index is 2.66. The highest BCUT2D eigenvalue weighted by Gasteiger charge is 2.08. The first kappa shape index (κ1) is 12.9. The van der Waals surface area contributed by atoms with E-state index < -0.39 is 0 Å². The Hall–Kier alpha value is -1.14. The van der Waals surface area contributed by atoms with Crippen LogP contribution in [0.4, 0.5) is 11.9 Å². The molecule has 1 aromatic rings. The summed E-state index contributed by atoms with van der Waals surface area (Å²) in [4.78, 5) is 14.0. The van der Waals surface area contributed by atoms with Gasteiger partial charge in [-0.05, 0) is 18.5 Å². The highest BCUT2D eigenvalue weighted by atomic mass is 35.5. The van der Waals surface area contributed by atoms with E-state index >= 15 is 0 Å². The summed E-state index contributed by atoms with van der Waals surface area (Å²) >= 11 is 5.77. The molecule has 0 bridgehead atoms. The third kappa shape index (κ3) is 3.79. The largest absolute Gasteiger partial charge is 0.380 e. The molecule has 0 aliphatic heterocycles. The van der Waals surface area contributed by atoms with E-state index in [9.17, 15) is 0 Å². The maximum absolute atomic E-state index is 5.77. The molecule has 16 heavy (non-hydrogen) atoms. The zero-order chi connectivity index (χ0) is 12.0. The quantitative estimate of drug-likeness (QED) is 0.756. The van der Waals surface area contributed by atoms with Gasteiger partial charge in [-0.2, -0.15) is 15.0 Å². The van der Waals surface area contributed by atoms with Crippen molar-refractivity contribution in [3.63, 3.8) is 0 Å². The molecule has 1 heterocycles. The zero-order valence-corrected chi connectivity index (χ0v) is 10.5. The number of halogens is 1. The van der Waals surface area contributed by atoms with E-state index in [1.54, 1.807) is 7.05 Å². The van der Waals surface area contributed by atoms with Gasteiger partial charge < -0.3 is 15.0 Å². The Morgan fingerprint density at radius 2 is 2.12 bits per heavy atom. The van der Waals surface area contributed by atoms with Crippen LogP contribution in [0.2, 0.25) is 5.28 Å². The van der Waals surface area contributed by atoms with Crippen molar-refractivity contribution in [1.29, 1.82) is 0 Å². The molecule has 0 atom stereocenters. The van der Waals surface area contributed by atoms with Crippen molar-refractivity contribution in [2.24, 2.45) is 0 Å². The van der Waals surface area contributed by atoms with Crippen LogP contribution in [-0.4, -0.2) is 48.8 Å². The third-order valence-corrected chi connectivity index (χ3v) is 2.11. The van der Waals surface area contributed by atoms with Crippen LogP contribution in [0.3, 0.4) is 0 Å². The average Bonchev–Trinajstić information content (AvgIpc) is 2.28. The van der Waals surface area contributed by atoms with Crippen LogP contribution in [0.15, 0.2) is 0 Å². The number of aromatic nitrogens is 3. The number of rotatable bonds is 6. The van der Waals surface area contributed by atoms with E-state index in [1.165, 1.54) is 0 Å². The van der Waals surface area contributed by atoms with Gasteiger partial charge in [-0.25, -0.2) is 0 Å². The molecule has 0 aromatic carbocycles. The summed E-state index contributed by atoms with van der Waals surface area (Å²) in [6.45, 7) is 4.00. The molecule has 90 valence electrons. The topological polar surface area (TPSA) is 63.2 Å². The van der Waals surface area contributed by atoms with Gasteiger partial charge in [0.25, 0.3) is 0 Å². The molecule has 0 aliphatic carbocycles. The van der Waals surface area contributed by atoms with Crippen molar-refractivity contribution in [1.82, 2.24) is 15.0 Å². The lowest BCUT2D eigenvalue weighted by molar-refractivity contribution is 0.154. The molecule has 0 radical (unpaired) electrons. The van der Waals surface area contributed by atoms with Crippen LogP contribution in [0.1, 0.15) is 6.92 Å². The van der Waals surface area contributed by atoms with Gasteiger partial charge in [-0.15, -0.1) is 0 Å². The van der Waals surface area contributed by atoms with Crippen LogP contribution >= 0.6 is 11.6 Å². The Kier molecular flexibility index (Phi) is 5.21. The van der Waals surface area contributed by atoms with E-state index in [0.717, 1.165) is 0 Å². The van der Waals surface area contributed by atoms with Crippen molar-refractivity contribution in [3.05, 3.63) is 5.28 Å². The fourth-order valence-corrected chi connectivity index (χ4v) is 1.22. The van der Waals surface area contributed by atoms with Crippen molar-refractivity contribution in [2.75, 3.05) is 44.1 Å². The number of anilines is 2. The van der Waals surface area contributed by atoms with Gasteiger partial charge in [-0.1, -0.05) is 0 Å². The van der Waals surface area contributed by atoms with Gasteiger partial charge in [0.2, 0.25) is 17.2 Å². The minimum absolute atomic E-state index is 0.178. The Labute approximate surface area is 100 Å². The SMILES string of the molecule is CCOCCN(C)c1nc(Cl)nc(NC)n1. The van der Waals surface area contributed by atoms with Crippen LogP contribution in [0, 0.1) is 0 Å². The van der Waals surface area contributed by atoms with E-state index in [-0.39, 0.29) is 5.28 Å². The zero-order valence-electron chi connectivity index (χ0n) is 9.70. The molecule has 1 N–H and O–H groups in total. The number of ether oxygens (including phenoxy) is 1. The van der Waals surface area contributed by atoms with Gasteiger partial charge >= 0.3 is 0 Å². The molecule has 6 nitrogen and oxygen atoms in total. The molecule has 0 saturated heterocycles. The minimum Gasteiger partial charge on any atom is -0.380 e. The molecule has 0 amide bonds. The lowest BCUT2D eigenvalue weighted by atomic mass is 10.6. The van der Waals surface area contributed by atoms with Gasteiger partial charge in [0.15, 0.2) is 0 Å². The van der Waals surface area contributed by atoms with Crippen LogP contribution in [0.5, 0.6) is 0 Å². The lowest BCUT2D eigenvalue weighted by Gasteiger charge is -2.17. The van der Waals surface area contributed by atoms with Crippen LogP contribution < -0.4 is 10.2 Å². The monoisotopic (exact) mass is 245 g/mol. The molecule has 1 aromatic heterocycles. The third-order valence-electron chi connectivity index (χ3n) is 1.94. The second kappa shape index (κ2) is 6.44. The number of likely N-dealkylation sites (N-methyl/N-ethyl adjacent to an activating group) is 1. The van der Waals surface area contributed by atoms with Crippen molar-refractivity contribution in [2.45, 2.75) is 6.92 Å². The summed E-state index contributed by atoms with van der Waals surface area (Å²) in [6.07, 6.45) is 0. The average molecular weight is 246 g/mol. The summed E-state index contributed by atoms with van der Waals surface area (Å²) in [7, 11) is 3.61. The van der Waals surface area contributed by atoms with Crippen molar-refractivity contribution in [3.8, 4) is 0 Å². The Morgan fingerprint density at radius 1 is 1.38 bits per heavy atom. The molecule has 1 rings (SSSR count). The molecular formula is C9H16ClN5O. The smallest absolute Gasteiger partial charge is 0.231 e. The fourth-order valence-electron chi connectivity index (χ4n) is 1.07. The van der Waals surface area contributed by atoms with Crippen LogP contribution in [-0.2, 0) is 4.74 Å². The lowest BCUT2D eigenvalue weighted by Crippen LogP contribution is -2.25. The highest BCUT2D eigenvalue weighted by molar-refractivity contribution is 6.28. The van der Waals surface area contributed by atoms with Gasteiger partial charge in [-0.3, -0.25) is 0 Å². The predicted molar refractivity (Wildman–Crippen MR) is 64.1 cm³/mol. The van der Waals surface area contributed by atoms with E-state index in [4.69, 9.17) is 16.3 Å². The first-order valence-corrected chi connectivity index (χ1v) is 5.43. The van der Waals surface area contributed by atoms with Gasteiger partial charge in [0.1, 0.15) is 0 Å². The number of nitrogens with zero attached hydrogens (tertiary/aromatic N) is 4. The van der Waals surface area contributed by atoms with Gasteiger partial charge in [0.05, 0.1) is 6.61 Å². The van der Waals surface area contributed by atoms with Gasteiger partial charge in [0, 0.05) is 27.2 Å². The fraction of sp³-hybridized carbons (Fsp3) is 0.667. The number of hydrogen-bond donors (Lipinski definition) is 1. The molecular weight excluding hydrogens is 230 g/mol. The maximum Gasteiger partial charge on any atom is 0.231 e. The highest BCUT2D eigenvalue weighted by Crippen LogP contribution is 2.11. The number of hydrogen-bond acceptors (Lipinski definition) is 6. The predicted octanol–water partition coefficient (Wildman–Crippen LogP) is 1.04. The summed E-state index contributed by atoms with van der Waals surface area (Å²) in [6, 6.07) is 0. The second-order valence-electron chi connectivity index (χ2n) is 3.10. The van der Waals surface area contributed by atoms with Crippen molar-refractivity contribution < 1.29 is 4.74 Å². The first-order valence-electron chi connectivity index (χ1n) is 5.05. The van der Waals surface area contributed by atoms with E-state index in [0.29, 0.717) is 31.7 Å². The second-order valence-corrected chi connectivity index (χ2v) is 3.43. The molecule has 7 heteroatoms. The maximum atomic E-state index is 5.77. The van der Waals surface area contributed by atoms with Crippen molar-refractivity contribution >= 4 is 23.5 Å². The van der Waals surface area contributed by atoms with E-state index in [2.05, 4.69) is 20.3 Å². The summed E-state index contributed by atoms with van der Waals surface area (Å²) in [5, 5.41) is 3.00. The Morgan fingerprint density at radius 3 is 2.75 bits per heavy atom. The normalized spacial score (nSPS) is 10.2. The van der Waals surface area contributed by atoms with E-state index in [1.807, 2.05) is 18.9 Å². The molecule has 0 fully saturated rings.